The Morgan fingerprint density at radius 1 is 1.30 bits per heavy atom. The normalized spacial score (nSPS) is 70.2. The van der Waals surface area contributed by atoms with E-state index in [0.717, 1.165) is 19.3 Å². The van der Waals surface area contributed by atoms with Gasteiger partial charge in [-0.05, 0) is 31.1 Å². The zero-order valence-electron chi connectivity index (χ0n) is 5.83. The molecule has 5 atom stereocenters. The SMILES string of the molecule is OC1C[C@H]2CC[C@H]3[C@@H]1[C@@]23O. The number of aliphatic hydroxyl groups is 2. The first-order valence-corrected chi connectivity index (χ1v) is 4.15. The van der Waals surface area contributed by atoms with Gasteiger partial charge >= 0.3 is 0 Å². The molecule has 1 unspecified atom stereocenters. The molecule has 0 aromatic rings. The predicted molar refractivity (Wildman–Crippen MR) is 35.3 cm³/mol. The molecule has 0 aromatic heterocycles. The molecule has 3 saturated carbocycles. The maximum Gasteiger partial charge on any atom is 0.0765 e. The highest BCUT2D eigenvalue weighted by Gasteiger charge is 2.76. The molecule has 3 fully saturated rings. The first-order valence-electron chi connectivity index (χ1n) is 4.15. The molecular formula is C8H12O2. The van der Waals surface area contributed by atoms with E-state index in [2.05, 4.69) is 0 Å². The molecule has 2 heteroatoms. The topological polar surface area (TPSA) is 40.5 Å². The van der Waals surface area contributed by atoms with Gasteiger partial charge in [-0.1, -0.05) is 0 Å². The number of rotatable bonds is 0. The summed E-state index contributed by atoms with van der Waals surface area (Å²) in [7, 11) is 0. The van der Waals surface area contributed by atoms with Crippen LogP contribution in [-0.2, 0) is 0 Å². The summed E-state index contributed by atoms with van der Waals surface area (Å²) in [6, 6.07) is 0. The van der Waals surface area contributed by atoms with Crippen molar-refractivity contribution < 1.29 is 10.2 Å². The minimum atomic E-state index is -0.389. The van der Waals surface area contributed by atoms with Crippen molar-refractivity contribution in [1.29, 1.82) is 0 Å². The van der Waals surface area contributed by atoms with Crippen LogP contribution in [0.15, 0.2) is 0 Å². The second-order valence-corrected chi connectivity index (χ2v) is 4.10. The van der Waals surface area contributed by atoms with Gasteiger partial charge in [-0.15, -0.1) is 0 Å². The smallest absolute Gasteiger partial charge is 0.0765 e. The quantitative estimate of drug-likeness (QED) is 0.502. The second-order valence-electron chi connectivity index (χ2n) is 4.10. The first-order chi connectivity index (χ1) is 4.74. The third-order valence-corrected chi connectivity index (χ3v) is 3.87. The minimum absolute atomic E-state index is 0.178. The molecule has 56 valence electrons. The summed E-state index contributed by atoms with van der Waals surface area (Å²) >= 11 is 0. The van der Waals surface area contributed by atoms with Gasteiger partial charge in [0.15, 0.2) is 0 Å². The van der Waals surface area contributed by atoms with Crippen LogP contribution < -0.4 is 0 Å². The van der Waals surface area contributed by atoms with Crippen LogP contribution in [0.1, 0.15) is 19.3 Å². The summed E-state index contributed by atoms with van der Waals surface area (Å²) in [4.78, 5) is 0. The van der Waals surface area contributed by atoms with E-state index in [4.69, 9.17) is 0 Å². The summed E-state index contributed by atoms with van der Waals surface area (Å²) in [6.45, 7) is 0. The van der Waals surface area contributed by atoms with Crippen molar-refractivity contribution >= 4 is 0 Å². The van der Waals surface area contributed by atoms with Crippen LogP contribution >= 0.6 is 0 Å². The number of aliphatic hydroxyl groups excluding tert-OH is 1. The number of hydrogen-bond acceptors (Lipinski definition) is 2. The first kappa shape index (κ1) is 5.56. The van der Waals surface area contributed by atoms with Crippen molar-refractivity contribution in [2.75, 3.05) is 0 Å². The van der Waals surface area contributed by atoms with E-state index in [1.165, 1.54) is 0 Å². The molecular weight excluding hydrogens is 128 g/mol. The van der Waals surface area contributed by atoms with Gasteiger partial charge in [-0.2, -0.15) is 0 Å². The molecule has 0 saturated heterocycles. The average molecular weight is 140 g/mol. The highest BCUT2D eigenvalue weighted by molar-refractivity contribution is 5.26. The zero-order chi connectivity index (χ0) is 6.93. The van der Waals surface area contributed by atoms with Crippen LogP contribution in [0.25, 0.3) is 0 Å². The lowest BCUT2D eigenvalue weighted by Crippen LogP contribution is -2.15. The summed E-state index contributed by atoms with van der Waals surface area (Å²) < 4.78 is 0. The number of hydrogen-bond donors (Lipinski definition) is 2. The Labute approximate surface area is 59.9 Å². The van der Waals surface area contributed by atoms with Crippen molar-refractivity contribution in [3.05, 3.63) is 0 Å². The van der Waals surface area contributed by atoms with Crippen LogP contribution in [0.5, 0.6) is 0 Å². The molecule has 0 spiro atoms. The third-order valence-electron chi connectivity index (χ3n) is 3.87. The lowest BCUT2D eigenvalue weighted by atomic mass is 10.0. The predicted octanol–water partition coefficient (Wildman–Crippen LogP) is 0.138. The molecule has 3 rings (SSSR count). The van der Waals surface area contributed by atoms with Crippen LogP contribution in [0.3, 0.4) is 0 Å². The Bertz CT molecular complexity index is 188. The van der Waals surface area contributed by atoms with Gasteiger partial charge in [0, 0.05) is 5.92 Å². The molecule has 2 N–H and O–H groups in total. The Hall–Kier alpha value is -0.0800. The fourth-order valence-corrected chi connectivity index (χ4v) is 3.42. The molecule has 0 radical (unpaired) electrons. The van der Waals surface area contributed by atoms with Crippen LogP contribution in [0.2, 0.25) is 0 Å². The van der Waals surface area contributed by atoms with Gasteiger partial charge < -0.3 is 10.2 Å². The average Bonchev–Trinajstić information content (AvgIpc) is 2.34. The minimum Gasteiger partial charge on any atom is -0.393 e. The fourth-order valence-electron chi connectivity index (χ4n) is 3.42. The van der Waals surface area contributed by atoms with E-state index >= 15 is 0 Å². The Morgan fingerprint density at radius 2 is 2.10 bits per heavy atom. The van der Waals surface area contributed by atoms with E-state index in [1.54, 1.807) is 0 Å². The molecule has 3 aliphatic carbocycles. The molecule has 0 aromatic carbocycles. The van der Waals surface area contributed by atoms with Gasteiger partial charge in [-0.3, -0.25) is 0 Å². The monoisotopic (exact) mass is 140 g/mol. The van der Waals surface area contributed by atoms with Gasteiger partial charge in [-0.25, -0.2) is 0 Å². The highest BCUT2D eigenvalue weighted by atomic mass is 16.3. The van der Waals surface area contributed by atoms with Gasteiger partial charge in [0.25, 0.3) is 0 Å². The summed E-state index contributed by atoms with van der Waals surface area (Å²) in [5, 5.41) is 19.3. The largest absolute Gasteiger partial charge is 0.393 e. The van der Waals surface area contributed by atoms with Gasteiger partial charge in [0.05, 0.1) is 11.7 Å². The maximum absolute atomic E-state index is 9.88. The van der Waals surface area contributed by atoms with E-state index in [0.29, 0.717) is 11.8 Å². The van der Waals surface area contributed by atoms with E-state index in [-0.39, 0.29) is 17.6 Å². The summed E-state index contributed by atoms with van der Waals surface area (Å²) in [5.74, 6) is 1.19. The lowest BCUT2D eigenvalue weighted by molar-refractivity contribution is 0.0956. The molecule has 3 aliphatic rings. The van der Waals surface area contributed by atoms with Crippen molar-refractivity contribution in [2.45, 2.75) is 31.0 Å². The van der Waals surface area contributed by atoms with E-state index in [1.807, 2.05) is 0 Å². The van der Waals surface area contributed by atoms with Crippen LogP contribution in [0, 0.1) is 17.8 Å². The van der Waals surface area contributed by atoms with Crippen molar-refractivity contribution in [2.24, 2.45) is 17.8 Å². The van der Waals surface area contributed by atoms with Gasteiger partial charge in [0.2, 0.25) is 0 Å². The van der Waals surface area contributed by atoms with Crippen molar-refractivity contribution in [1.82, 2.24) is 0 Å². The standard InChI is InChI=1S/C8H12O2/c9-6-3-4-1-2-5-7(6)8(4,5)10/h4-7,9-10H,1-3H2/t4-,5+,6?,7+,8-/m1/s1. The summed E-state index contributed by atoms with van der Waals surface area (Å²) in [5.41, 5.74) is -0.389. The molecule has 2 nitrogen and oxygen atoms in total. The molecule has 0 aliphatic heterocycles. The summed E-state index contributed by atoms with van der Waals surface area (Å²) in [6.07, 6.45) is 2.98. The maximum atomic E-state index is 9.88. The molecule has 0 heterocycles. The Kier molecular flexibility index (Phi) is 0.710. The lowest BCUT2D eigenvalue weighted by Gasteiger charge is -2.10. The Balaban J connectivity index is 2.03. The van der Waals surface area contributed by atoms with Crippen molar-refractivity contribution in [3.8, 4) is 0 Å². The number of fused-ring (bicyclic) bond motifs is 1. The fraction of sp³-hybridized carbons (Fsp3) is 1.00. The highest BCUT2D eigenvalue weighted by Crippen LogP contribution is 2.71. The molecule has 10 heavy (non-hydrogen) atoms. The van der Waals surface area contributed by atoms with Crippen LogP contribution in [-0.4, -0.2) is 21.9 Å². The zero-order valence-corrected chi connectivity index (χ0v) is 5.83. The Morgan fingerprint density at radius 3 is 2.60 bits per heavy atom. The van der Waals surface area contributed by atoms with Crippen molar-refractivity contribution in [3.63, 3.8) is 0 Å². The van der Waals surface area contributed by atoms with Gasteiger partial charge in [0.1, 0.15) is 0 Å². The van der Waals surface area contributed by atoms with Crippen LogP contribution in [0.4, 0.5) is 0 Å². The molecule has 0 amide bonds. The second kappa shape index (κ2) is 1.28. The van der Waals surface area contributed by atoms with E-state index in [9.17, 15) is 10.2 Å². The van der Waals surface area contributed by atoms with E-state index < -0.39 is 0 Å². The molecule has 0 bridgehead atoms. The third kappa shape index (κ3) is 0.350.